The number of nitrogens with one attached hydrogen (secondary N) is 2. The molecule has 0 aliphatic carbocycles. The Bertz CT molecular complexity index is 683. The smallest absolute Gasteiger partial charge is 0.390 e. The van der Waals surface area contributed by atoms with E-state index in [0.717, 1.165) is 0 Å². The van der Waals surface area contributed by atoms with Crippen LogP contribution < -0.4 is 10.6 Å². The number of carbonyl (C=O) groups is 1. The predicted octanol–water partition coefficient (Wildman–Crippen LogP) is 4.07. The summed E-state index contributed by atoms with van der Waals surface area (Å²) in [6, 6.07) is -0.915. The van der Waals surface area contributed by atoms with Crippen molar-refractivity contribution in [3.8, 4) is 0 Å². The number of anilines is 1. The summed E-state index contributed by atoms with van der Waals surface area (Å²) in [6.45, 7) is 7.05. The molecule has 0 radical (unpaired) electrons. The molecule has 6 nitrogen and oxygen atoms in total. The molecule has 0 spiro atoms. The minimum atomic E-state index is -3.39. The molecule has 0 atom stereocenters. The molecular weight excluding hydrogens is 419 g/mol. The van der Waals surface area contributed by atoms with E-state index in [1.165, 1.54) is 0 Å². The minimum Gasteiger partial charge on any atom is -0.390 e. The highest BCUT2D eigenvalue weighted by atomic mass is 28.4. The molecular formula is C17H25F5N2O4Si. The van der Waals surface area contributed by atoms with Crippen LogP contribution in [0.25, 0.3) is 0 Å². The molecule has 2 amide bonds. The highest BCUT2D eigenvalue weighted by molar-refractivity contribution is 6.59. The summed E-state index contributed by atoms with van der Waals surface area (Å²) in [7, 11) is -3.39. The molecule has 0 saturated carbocycles. The van der Waals surface area contributed by atoms with Gasteiger partial charge in [0.25, 0.3) is 0 Å². The van der Waals surface area contributed by atoms with E-state index in [1.54, 1.807) is 33.0 Å². The second kappa shape index (κ2) is 10.9. The minimum absolute atomic E-state index is 0.0229. The Morgan fingerprint density at radius 2 is 1.34 bits per heavy atom. The summed E-state index contributed by atoms with van der Waals surface area (Å²) in [6.07, 6.45) is 0.277. The van der Waals surface area contributed by atoms with E-state index in [4.69, 9.17) is 8.85 Å². The second-order valence-electron chi connectivity index (χ2n) is 6.83. The third-order valence-electron chi connectivity index (χ3n) is 3.49. The van der Waals surface area contributed by atoms with Crippen molar-refractivity contribution in [3.63, 3.8) is 0 Å². The Kier molecular flexibility index (Phi) is 9.46. The van der Waals surface area contributed by atoms with Crippen molar-refractivity contribution in [2.24, 2.45) is 0 Å². The van der Waals surface area contributed by atoms with Gasteiger partial charge in [0.15, 0.2) is 23.3 Å². The van der Waals surface area contributed by atoms with Crippen LogP contribution in [0.5, 0.6) is 0 Å². The van der Waals surface area contributed by atoms with Gasteiger partial charge in [0.05, 0.1) is 0 Å². The van der Waals surface area contributed by atoms with Gasteiger partial charge >= 0.3 is 14.8 Å². The van der Waals surface area contributed by atoms with Gasteiger partial charge in [-0.15, -0.1) is 0 Å². The number of amides is 2. The molecule has 3 N–H and O–H groups in total. The number of rotatable bonds is 10. The van der Waals surface area contributed by atoms with Gasteiger partial charge in [-0.3, -0.25) is 0 Å². The van der Waals surface area contributed by atoms with Crippen LogP contribution in [-0.4, -0.2) is 38.4 Å². The number of benzene rings is 1. The van der Waals surface area contributed by atoms with Crippen LogP contribution in [0.15, 0.2) is 0 Å². The van der Waals surface area contributed by atoms with E-state index in [1.807, 2.05) is 0 Å². The van der Waals surface area contributed by atoms with Crippen LogP contribution in [-0.2, 0) is 8.85 Å². The molecule has 0 heterocycles. The van der Waals surface area contributed by atoms with Crippen molar-refractivity contribution >= 4 is 20.5 Å². The number of hydrogen-bond donors (Lipinski definition) is 3. The van der Waals surface area contributed by atoms with Gasteiger partial charge in [-0.05, 0) is 40.5 Å². The van der Waals surface area contributed by atoms with Gasteiger partial charge in [-0.25, -0.2) is 26.7 Å². The first-order chi connectivity index (χ1) is 13.4. The van der Waals surface area contributed by atoms with Crippen molar-refractivity contribution in [2.45, 2.75) is 58.8 Å². The van der Waals surface area contributed by atoms with Gasteiger partial charge in [-0.1, -0.05) is 0 Å². The standard InChI is InChI=1S/C17H25F5N2O4Si/c1-9(2)27-29(26,28-10(3)4)8-6-5-7-23-17(25)24-16-14(21)12(19)11(18)13(20)15(16)22/h9-10,26H,5-8H2,1-4H3,(H2,23,24,25). The molecule has 0 aliphatic rings. The third-order valence-corrected chi connectivity index (χ3v) is 6.16. The van der Waals surface area contributed by atoms with E-state index < -0.39 is 49.6 Å². The maximum atomic E-state index is 13.5. The van der Waals surface area contributed by atoms with Crippen molar-refractivity contribution in [1.29, 1.82) is 0 Å². The second-order valence-corrected chi connectivity index (χ2v) is 9.23. The van der Waals surface area contributed by atoms with Crippen molar-refractivity contribution < 1.29 is 40.4 Å². The molecule has 1 rings (SSSR count). The quantitative estimate of drug-likeness (QED) is 0.167. The van der Waals surface area contributed by atoms with Crippen LogP contribution in [0.1, 0.15) is 40.5 Å². The van der Waals surface area contributed by atoms with Crippen molar-refractivity contribution in [2.75, 3.05) is 11.9 Å². The maximum absolute atomic E-state index is 13.5. The van der Waals surface area contributed by atoms with Crippen LogP contribution in [0.3, 0.4) is 0 Å². The number of urea groups is 1. The normalized spacial score (nSPS) is 12.0. The van der Waals surface area contributed by atoms with Crippen molar-refractivity contribution in [3.05, 3.63) is 29.1 Å². The van der Waals surface area contributed by atoms with Gasteiger partial charge in [0.2, 0.25) is 5.82 Å². The first-order valence-corrected chi connectivity index (χ1v) is 11.0. The lowest BCUT2D eigenvalue weighted by atomic mass is 10.2. The average molecular weight is 444 g/mol. The van der Waals surface area contributed by atoms with Crippen LogP contribution in [0.4, 0.5) is 32.4 Å². The van der Waals surface area contributed by atoms with Crippen LogP contribution in [0.2, 0.25) is 6.04 Å². The summed E-state index contributed by atoms with van der Waals surface area (Å²) in [5.74, 6) is -10.9. The van der Waals surface area contributed by atoms with Crippen LogP contribution in [0, 0.1) is 29.1 Å². The Morgan fingerprint density at radius 3 is 1.79 bits per heavy atom. The van der Waals surface area contributed by atoms with Crippen LogP contribution >= 0.6 is 0 Å². The topological polar surface area (TPSA) is 79.8 Å². The van der Waals surface area contributed by atoms with Gasteiger partial charge in [-0.2, -0.15) is 0 Å². The lowest BCUT2D eigenvalue weighted by Gasteiger charge is -2.28. The molecule has 0 saturated heterocycles. The zero-order valence-corrected chi connectivity index (χ0v) is 17.5. The SMILES string of the molecule is CC(C)O[Si](O)(CCCCNC(=O)Nc1c(F)c(F)c(F)c(F)c1F)OC(C)C. The number of carbonyl (C=O) groups excluding carboxylic acids is 1. The van der Waals surface area contributed by atoms with Crippen molar-refractivity contribution in [1.82, 2.24) is 5.32 Å². The summed E-state index contributed by atoms with van der Waals surface area (Å²) in [4.78, 5) is 22.2. The third kappa shape index (κ3) is 7.53. The molecule has 166 valence electrons. The largest absolute Gasteiger partial charge is 0.498 e. The summed E-state index contributed by atoms with van der Waals surface area (Å²) in [5.41, 5.74) is -1.43. The first-order valence-electron chi connectivity index (χ1n) is 9.02. The monoisotopic (exact) mass is 444 g/mol. The number of unbranched alkanes of at least 4 members (excludes halogenated alkanes) is 1. The summed E-state index contributed by atoms with van der Waals surface area (Å²) < 4.78 is 77.3. The zero-order valence-electron chi connectivity index (χ0n) is 16.5. The Morgan fingerprint density at radius 1 is 0.897 bits per heavy atom. The Labute approximate surface area is 166 Å². The predicted molar refractivity (Wildman–Crippen MR) is 97.7 cm³/mol. The average Bonchev–Trinajstić information content (AvgIpc) is 2.60. The fourth-order valence-corrected chi connectivity index (χ4v) is 4.89. The molecule has 12 heteroatoms. The molecule has 0 aromatic heterocycles. The fourth-order valence-electron chi connectivity index (χ4n) is 2.43. The first kappa shape index (κ1) is 25.3. The Hall–Kier alpha value is -1.76. The van der Waals surface area contributed by atoms with Gasteiger partial charge in [0.1, 0.15) is 5.69 Å². The lowest BCUT2D eigenvalue weighted by Crippen LogP contribution is -2.46. The molecule has 0 bridgehead atoms. The molecule has 0 aliphatic heterocycles. The molecule has 29 heavy (non-hydrogen) atoms. The lowest BCUT2D eigenvalue weighted by molar-refractivity contribution is 0.0473. The summed E-state index contributed by atoms with van der Waals surface area (Å²) >= 11 is 0. The Balaban J connectivity index is 2.55. The highest BCUT2D eigenvalue weighted by Crippen LogP contribution is 2.27. The fraction of sp³-hybridized carbons (Fsp3) is 0.588. The van der Waals surface area contributed by atoms with E-state index in [9.17, 15) is 31.5 Å². The molecule has 0 unspecified atom stereocenters. The van der Waals surface area contributed by atoms with E-state index in [2.05, 4.69) is 5.32 Å². The van der Waals surface area contributed by atoms with E-state index in [-0.39, 0.29) is 24.8 Å². The molecule has 1 aromatic rings. The van der Waals surface area contributed by atoms with E-state index in [0.29, 0.717) is 12.8 Å². The maximum Gasteiger partial charge on any atom is 0.498 e. The van der Waals surface area contributed by atoms with Gasteiger partial charge in [0, 0.05) is 24.8 Å². The molecule has 1 aromatic carbocycles. The van der Waals surface area contributed by atoms with Gasteiger partial charge < -0.3 is 24.3 Å². The molecule has 0 fully saturated rings. The number of halogens is 5. The number of hydrogen-bond acceptors (Lipinski definition) is 4. The highest BCUT2D eigenvalue weighted by Gasteiger charge is 2.38. The zero-order chi connectivity index (χ0) is 22.4. The van der Waals surface area contributed by atoms with E-state index >= 15 is 0 Å². The summed E-state index contributed by atoms with van der Waals surface area (Å²) in [5, 5.41) is 3.85.